The zero-order valence-electron chi connectivity index (χ0n) is 10.3. The number of amides is 1. The van der Waals surface area contributed by atoms with Gasteiger partial charge in [0.15, 0.2) is 0 Å². The Morgan fingerprint density at radius 3 is 3.05 bits per heavy atom. The Morgan fingerprint density at radius 1 is 1.26 bits per heavy atom. The first-order valence-electron chi connectivity index (χ1n) is 6.07. The molecule has 2 heterocycles. The first kappa shape index (κ1) is 11.5. The van der Waals surface area contributed by atoms with Crippen LogP contribution in [0.15, 0.2) is 55.0 Å². The summed E-state index contributed by atoms with van der Waals surface area (Å²) < 4.78 is 0. The molecule has 3 aromatic rings. The van der Waals surface area contributed by atoms with Crippen molar-refractivity contribution in [3.8, 4) is 0 Å². The number of hydrogen-bond acceptors (Lipinski definition) is 2. The largest absolute Gasteiger partial charge is 0.361 e. The Kier molecular flexibility index (Phi) is 2.98. The third kappa shape index (κ3) is 2.47. The van der Waals surface area contributed by atoms with E-state index < -0.39 is 0 Å². The van der Waals surface area contributed by atoms with E-state index in [0.717, 1.165) is 16.5 Å². The number of aromatic nitrogens is 2. The number of benzene rings is 1. The second-order valence-electron chi connectivity index (χ2n) is 4.32. The summed E-state index contributed by atoms with van der Waals surface area (Å²) in [5.41, 5.74) is 2.68. The number of nitrogens with one attached hydrogen (secondary N) is 2. The molecule has 3 rings (SSSR count). The maximum absolute atomic E-state index is 12.0. The van der Waals surface area contributed by atoms with Gasteiger partial charge in [0.05, 0.1) is 0 Å². The maximum Gasteiger partial charge on any atom is 0.251 e. The van der Waals surface area contributed by atoms with E-state index in [9.17, 15) is 4.79 Å². The summed E-state index contributed by atoms with van der Waals surface area (Å²) in [4.78, 5) is 19.2. The van der Waals surface area contributed by atoms with E-state index in [0.29, 0.717) is 12.1 Å². The second-order valence-corrected chi connectivity index (χ2v) is 4.32. The Balaban J connectivity index is 1.73. The average molecular weight is 251 g/mol. The Labute approximate surface area is 110 Å². The molecule has 0 radical (unpaired) electrons. The molecule has 1 aromatic carbocycles. The molecule has 0 aliphatic rings. The van der Waals surface area contributed by atoms with Crippen molar-refractivity contribution in [2.75, 3.05) is 0 Å². The van der Waals surface area contributed by atoms with Gasteiger partial charge in [-0.1, -0.05) is 6.07 Å². The third-order valence-corrected chi connectivity index (χ3v) is 2.99. The lowest BCUT2D eigenvalue weighted by atomic mass is 10.1. The molecule has 0 atom stereocenters. The molecule has 0 saturated carbocycles. The van der Waals surface area contributed by atoms with Crippen LogP contribution in [0.4, 0.5) is 0 Å². The molecule has 0 bridgehead atoms. The van der Waals surface area contributed by atoms with Gasteiger partial charge in [-0.05, 0) is 35.9 Å². The molecule has 2 N–H and O–H groups in total. The first-order valence-corrected chi connectivity index (χ1v) is 6.07. The van der Waals surface area contributed by atoms with Gasteiger partial charge in [0.1, 0.15) is 0 Å². The summed E-state index contributed by atoms with van der Waals surface area (Å²) in [6.07, 6.45) is 5.32. The van der Waals surface area contributed by atoms with Crippen LogP contribution in [-0.4, -0.2) is 15.9 Å². The highest BCUT2D eigenvalue weighted by molar-refractivity contribution is 5.98. The minimum absolute atomic E-state index is 0.0769. The molecular formula is C15H13N3O. The first-order chi connectivity index (χ1) is 9.33. The van der Waals surface area contributed by atoms with E-state index in [-0.39, 0.29) is 5.91 Å². The molecule has 2 aromatic heterocycles. The number of hydrogen-bond donors (Lipinski definition) is 2. The standard InChI is InChI=1S/C15H13N3O/c19-15(18-10-11-2-1-6-16-9-11)13-3-4-14-12(8-13)5-7-17-14/h1-9,17H,10H2,(H,18,19). The van der Waals surface area contributed by atoms with Crippen LogP contribution < -0.4 is 5.32 Å². The van der Waals surface area contributed by atoms with Crippen molar-refractivity contribution in [1.29, 1.82) is 0 Å². The van der Waals surface area contributed by atoms with Crippen molar-refractivity contribution in [1.82, 2.24) is 15.3 Å². The van der Waals surface area contributed by atoms with Gasteiger partial charge in [0.2, 0.25) is 0 Å². The van der Waals surface area contributed by atoms with Crippen LogP contribution in [0, 0.1) is 0 Å². The molecule has 94 valence electrons. The zero-order valence-corrected chi connectivity index (χ0v) is 10.3. The predicted molar refractivity (Wildman–Crippen MR) is 73.7 cm³/mol. The highest BCUT2D eigenvalue weighted by Crippen LogP contribution is 2.14. The van der Waals surface area contributed by atoms with Gasteiger partial charge in [0, 0.05) is 41.6 Å². The lowest BCUT2D eigenvalue weighted by Gasteiger charge is -2.05. The molecule has 0 fully saturated rings. The highest BCUT2D eigenvalue weighted by atomic mass is 16.1. The number of rotatable bonds is 3. The minimum atomic E-state index is -0.0769. The molecular weight excluding hydrogens is 238 g/mol. The fourth-order valence-electron chi connectivity index (χ4n) is 1.98. The van der Waals surface area contributed by atoms with E-state index >= 15 is 0 Å². The smallest absolute Gasteiger partial charge is 0.251 e. The number of nitrogens with zero attached hydrogens (tertiary/aromatic N) is 1. The van der Waals surface area contributed by atoms with Crippen LogP contribution in [0.1, 0.15) is 15.9 Å². The SMILES string of the molecule is O=C(NCc1cccnc1)c1ccc2[nH]ccc2c1. The number of carbonyl (C=O) groups is 1. The number of fused-ring (bicyclic) bond motifs is 1. The van der Waals surface area contributed by atoms with Crippen molar-refractivity contribution >= 4 is 16.8 Å². The van der Waals surface area contributed by atoms with E-state index in [1.54, 1.807) is 12.4 Å². The van der Waals surface area contributed by atoms with E-state index in [1.807, 2.05) is 42.6 Å². The monoisotopic (exact) mass is 251 g/mol. The Bertz CT molecular complexity index is 703. The lowest BCUT2D eigenvalue weighted by Crippen LogP contribution is -2.22. The van der Waals surface area contributed by atoms with Crippen molar-refractivity contribution in [2.45, 2.75) is 6.54 Å². The number of aromatic amines is 1. The average Bonchev–Trinajstić information content (AvgIpc) is 2.93. The normalized spacial score (nSPS) is 10.5. The van der Waals surface area contributed by atoms with E-state index in [2.05, 4.69) is 15.3 Å². The highest BCUT2D eigenvalue weighted by Gasteiger charge is 2.06. The van der Waals surface area contributed by atoms with Gasteiger partial charge in [0.25, 0.3) is 5.91 Å². The molecule has 19 heavy (non-hydrogen) atoms. The topological polar surface area (TPSA) is 57.8 Å². The Hall–Kier alpha value is -2.62. The predicted octanol–water partition coefficient (Wildman–Crippen LogP) is 2.49. The molecule has 1 amide bonds. The molecule has 0 saturated heterocycles. The third-order valence-electron chi connectivity index (χ3n) is 2.99. The van der Waals surface area contributed by atoms with Crippen LogP contribution in [0.5, 0.6) is 0 Å². The summed E-state index contributed by atoms with van der Waals surface area (Å²) in [6.45, 7) is 0.484. The fraction of sp³-hybridized carbons (Fsp3) is 0.0667. The van der Waals surface area contributed by atoms with Crippen LogP contribution in [0.3, 0.4) is 0 Å². The molecule has 4 heteroatoms. The van der Waals surface area contributed by atoms with Crippen molar-refractivity contribution in [2.24, 2.45) is 0 Å². The zero-order chi connectivity index (χ0) is 13.1. The summed E-state index contributed by atoms with van der Waals surface area (Å²) in [5, 5.41) is 3.92. The van der Waals surface area contributed by atoms with Gasteiger partial charge in [-0.15, -0.1) is 0 Å². The second kappa shape index (κ2) is 4.94. The van der Waals surface area contributed by atoms with Crippen LogP contribution >= 0.6 is 0 Å². The molecule has 4 nitrogen and oxygen atoms in total. The molecule has 0 spiro atoms. The van der Waals surface area contributed by atoms with Gasteiger partial charge < -0.3 is 10.3 Å². The number of carbonyl (C=O) groups excluding carboxylic acids is 1. The summed E-state index contributed by atoms with van der Waals surface area (Å²) in [6, 6.07) is 11.3. The van der Waals surface area contributed by atoms with Crippen molar-refractivity contribution in [3.05, 3.63) is 66.1 Å². The fourth-order valence-corrected chi connectivity index (χ4v) is 1.98. The molecule has 0 aliphatic heterocycles. The van der Waals surface area contributed by atoms with Crippen molar-refractivity contribution < 1.29 is 4.79 Å². The van der Waals surface area contributed by atoms with Gasteiger partial charge in [-0.2, -0.15) is 0 Å². The summed E-state index contributed by atoms with van der Waals surface area (Å²) in [7, 11) is 0. The van der Waals surface area contributed by atoms with Gasteiger partial charge in [-0.3, -0.25) is 9.78 Å². The molecule has 0 unspecified atom stereocenters. The van der Waals surface area contributed by atoms with Gasteiger partial charge in [-0.25, -0.2) is 0 Å². The van der Waals surface area contributed by atoms with E-state index in [1.165, 1.54) is 0 Å². The van der Waals surface area contributed by atoms with E-state index in [4.69, 9.17) is 0 Å². The van der Waals surface area contributed by atoms with Gasteiger partial charge >= 0.3 is 0 Å². The summed E-state index contributed by atoms with van der Waals surface area (Å²) >= 11 is 0. The Morgan fingerprint density at radius 2 is 2.21 bits per heavy atom. The maximum atomic E-state index is 12.0. The van der Waals surface area contributed by atoms with Crippen LogP contribution in [0.2, 0.25) is 0 Å². The van der Waals surface area contributed by atoms with Crippen LogP contribution in [-0.2, 0) is 6.54 Å². The lowest BCUT2D eigenvalue weighted by molar-refractivity contribution is 0.0951. The van der Waals surface area contributed by atoms with Crippen molar-refractivity contribution in [3.63, 3.8) is 0 Å². The molecule has 0 aliphatic carbocycles. The minimum Gasteiger partial charge on any atom is -0.361 e. The number of H-pyrrole nitrogens is 1. The number of pyridine rings is 1. The summed E-state index contributed by atoms with van der Waals surface area (Å²) in [5.74, 6) is -0.0769. The quantitative estimate of drug-likeness (QED) is 0.751. The van der Waals surface area contributed by atoms with Crippen LogP contribution in [0.25, 0.3) is 10.9 Å².